The Labute approximate surface area is 104 Å². The van der Waals surface area contributed by atoms with Crippen LogP contribution in [0.5, 0.6) is 0 Å². The lowest BCUT2D eigenvalue weighted by Gasteiger charge is -1.94. The maximum atomic E-state index is 4.13. The number of hydrogen-bond donors (Lipinski definition) is 0. The molecule has 0 aliphatic carbocycles. The molecule has 0 fully saturated rings. The van der Waals surface area contributed by atoms with E-state index in [1.807, 2.05) is 6.07 Å². The predicted octanol–water partition coefficient (Wildman–Crippen LogP) is 2.80. The second kappa shape index (κ2) is 5.00. The number of rotatable bonds is 3. The first kappa shape index (κ1) is 11.0. The molecule has 0 amide bonds. The largest absolute Gasteiger partial charge is 0.230 e. The third kappa shape index (κ3) is 2.96. The van der Waals surface area contributed by atoms with E-state index in [1.165, 1.54) is 18.1 Å². The van der Waals surface area contributed by atoms with Crippen molar-refractivity contribution in [2.75, 3.05) is 0 Å². The number of halogens is 1. The summed E-state index contributed by atoms with van der Waals surface area (Å²) in [5.41, 5.74) is 0. The highest BCUT2D eigenvalue weighted by molar-refractivity contribution is 9.10. The van der Waals surface area contributed by atoms with E-state index in [4.69, 9.17) is 0 Å². The Balaban J connectivity index is 2.14. The molecule has 0 aliphatic heterocycles. The van der Waals surface area contributed by atoms with Crippen LogP contribution in [0.4, 0.5) is 0 Å². The molecule has 78 valence electrons. The number of hydrogen-bond acceptors (Lipinski definition) is 6. The average Bonchev–Trinajstić information content (AvgIpc) is 2.65. The van der Waals surface area contributed by atoms with E-state index in [2.05, 4.69) is 43.0 Å². The van der Waals surface area contributed by atoms with E-state index in [0.717, 1.165) is 25.4 Å². The van der Waals surface area contributed by atoms with E-state index in [-0.39, 0.29) is 0 Å². The van der Waals surface area contributed by atoms with Gasteiger partial charge in [0.05, 0.1) is 0 Å². The summed E-state index contributed by atoms with van der Waals surface area (Å²) >= 11 is 6.40. The Morgan fingerprint density at radius 1 is 1.40 bits per heavy atom. The zero-order chi connectivity index (χ0) is 10.7. The summed E-state index contributed by atoms with van der Waals surface area (Å²) in [5.74, 6) is 0. The third-order valence-electron chi connectivity index (χ3n) is 1.55. The molecule has 2 aromatic rings. The second-order valence-electron chi connectivity index (χ2n) is 2.60. The van der Waals surface area contributed by atoms with E-state index in [9.17, 15) is 0 Å². The fourth-order valence-corrected chi connectivity index (χ4v) is 3.10. The smallest absolute Gasteiger partial charge is 0.180 e. The second-order valence-corrected chi connectivity index (χ2v) is 5.74. The molecule has 0 aromatic carbocycles. The standard InChI is InChI=1S/C8H7BrN4S2/c1-2-6-12-13-8(14-6)15-7-3-5(9)10-4-11-7/h3-4H,2H2,1H3. The van der Waals surface area contributed by atoms with Gasteiger partial charge in [-0.3, -0.25) is 0 Å². The van der Waals surface area contributed by atoms with Crippen LogP contribution in [-0.4, -0.2) is 20.2 Å². The van der Waals surface area contributed by atoms with E-state index < -0.39 is 0 Å². The van der Waals surface area contributed by atoms with Gasteiger partial charge in [-0.05, 0) is 34.1 Å². The van der Waals surface area contributed by atoms with Gasteiger partial charge in [0.2, 0.25) is 0 Å². The molecular formula is C8H7BrN4S2. The van der Waals surface area contributed by atoms with Gasteiger partial charge in [0.15, 0.2) is 4.34 Å². The van der Waals surface area contributed by atoms with Crippen LogP contribution in [0.2, 0.25) is 0 Å². The molecule has 0 aliphatic rings. The lowest BCUT2D eigenvalue weighted by atomic mass is 10.5. The first-order valence-corrected chi connectivity index (χ1v) is 6.68. The summed E-state index contributed by atoms with van der Waals surface area (Å²) in [6.07, 6.45) is 2.44. The zero-order valence-electron chi connectivity index (χ0n) is 7.85. The molecule has 0 unspecified atom stereocenters. The fraction of sp³-hybridized carbons (Fsp3) is 0.250. The quantitative estimate of drug-likeness (QED) is 0.816. The summed E-state index contributed by atoms with van der Waals surface area (Å²) in [6, 6.07) is 1.86. The highest BCUT2D eigenvalue weighted by Crippen LogP contribution is 2.29. The molecule has 0 atom stereocenters. The average molecular weight is 303 g/mol. The Morgan fingerprint density at radius 3 is 2.93 bits per heavy atom. The van der Waals surface area contributed by atoms with Crippen LogP contribution in [0, 0.1) is 0 Å². The number of aromatic nitrogens is 4. The van der Waals surface area contributed by atoms with Gasteiger partial charge in [-0.1, -0.05) is 18.3 Å². The monoisotopic (exact) mass is 302 g/mol. The number of nitrogens with zero attached hydrogens (tertiary/aromatic N) is 4. The Hall–Kier alpha value is -0.530. The molecule has 0 saturated heterocycles. The van der Waals surface area contributed by atoms with Crippen LogP contribution in [-0.2, 0) is 6.42 Å². The summed E-state index contributed by atoms with van der Waals surface area (Å²) in [5, 5.41) is 10.0. The summed E-state index contributed by atoms with van der Waals surface area (Å²) in [6.45, 7) is 2.07. The van der Waals surface area contributed by atoms with E-state index in [1.54, 1.807) is 11.3 Å². The Morgan fingerprint density at radius 2 is 2.27 bits per heavy atom. The summed E-state index contributed by atoms with van der Waals surface area (Å²) in [7, 11) is 0. The van der Waals surface area contributed by atoms with Crippen molar-refractivity contribution in [3.8, 4) is 0 Å². The maximum Gasteiger partial charge on any atom is 0.180 e. The minimum Gasteiger partial charge on any atom is -0.230 e. The lowest BCUT2D eigenvalue weighted by Crippen LogP contribution is -1.82. The van der Waals surface area contributed by atoms with Gasteiger partial charge in [-0.15, -0.1) is 10.2 Å². The molecule has 0 saturated carbocycles. The molecule has 0 bridgehead atoms. The van der Waals surface area contributed by atoms with Gasteiger partial charge < -0.3 is 0 Å². The van der Waals surface area contributed by atoms with Crippen molar-refractivity contribution < 1.29 is 0 Å². The van der Waals surface area contributed by atoms with Gasteiger partial charge in [0.1, 0.15) is 21.0 Å². The molecule has 2 aromatic heterocycles. The number of aryl methyl sites for hydroxylation is 1. The van der Waals surface area contributed by atoms with Crippen molar-refractivity contribution in [3.63, 3.8) is 0 Å². The summed E-state index contributed by atoms with van der Waals surface area (Å²) < 4.78 is 1.69. The third-order valence-corrected chi connectivity index (χ3v) is 4.04. The van der Waals surface area contributed by atoms with Crippen molar-refractivity contribution >= 4 is 39.0 Å². The van der Waals surface area contributed by atoms with E-state index >= 15 is 0 Å². The molecule has 15 heavy (non-hydrogen) atoms. The minimum absolute atomic E-state index is 0.778. The van der Waals surface area contributed by atoms with Gasteiger partial charge in [0, 0.05) is 6.07 Å². The molecule has 2 heterocycles. The van der Waals surface area contributed by atoms with Crippen molar-refractivity contribution in [2.45, 2.75) is 22.7 Å². The first-order chi connectivity index (χ1) is 7.28. The SMILES string of the molecule is CCc1nnc(Sc2cc(Br)ncn2)s1. The molecule has 0 spiro atoms. The van der Waals surface area contributed by atoms with Gasteiger partial charge >= 0.3 is 0 Å². The van der Waals surface area contributed by atoms with Gasteiger partial charge in [0.25, 0.3) is 0 Å². The van der Waals surface area contributed by atoms with Crippen molar-refractivity contribution in [1.82, 2.24) is 20.2 Å². The normalized spacial score (nSPS) is 10.5. The van der Waals surface area contributed by atoms with Crippen LogP contribution in [0.15, 0.2) is 26.4 Å². The van der Waals surface area contributed by atoms with Crippen molar-refractivity contribution in [3.05, 3.63) is 22.0 Å². The van der Waals surface area contributed by atoms with Gasteiger partial charge in [-0.2, -0.15) is 0 Å². The maximum absolute atomic E-state index is 4.13. The lowest BCUT2D eigenvalue weighted by molar-refractivity contribution is 0.940. The predicted molar refractivity (Wildman–Crippen MR) is 63.1 cm³/mol. The van der Waals surface area contributed by atoms with Crippen LogP contribution in [0.1, 0.15) is 11.9 Å². The highest BCUT2D eigenvalue weighted by Gasteiger charge is 2.05. The molecule has 7 heteroatoms. The minimum atomic E-state index is 0.778. The zero-order valence-corrected chi connectivity index (χ0v) is 11.1. The molecule has 2 rings (SSSR count). The van der Waals surface area contributed by atoms with Crippen LogP contribution in [0.25, 0.3) is 0 Å². The van der Waals surface area contributed by atoms with Crippen LogP contribution >= 0.6 is 39.0 Å². The Bertz CT molecular complexity index is 459. The summed E-state index contributed by atoms with van der Waals surface area (Å²) in [4.78, 5) is 8.09. The van der Waals surface area contributed by atoms with Crippen LogP contribution < -0.4 is 0 Å². The van der Waals surface area contributed by atoms with Crippen molar-refractivity contribution in [2.24, 2.45) is 0 Å². The van der Waals surface area contributed by atoms with Crippen LogP contribution in [0.3, 0.4) is 0 Å². The van der Waals surface area contributed by atoms with Crippen molar-refractivity contribution in [1.29, 1.82) is 0 Å². The topological polar surface area (TPSA) is 51.6 Å². The first-order valence-electron chi connectivity index (χ1n) is 4.25. The molecule has 0 N–H and O–H groups in total. The van der Waals surface area contributed by atoms with Gasteiger partial charge in [-0.25, -0.2) is 9.97 Å². The molecule has 4 nitrogen and oxygen atoms in total. The fourth-order valence-electron chi connectivity index (χ4n) is 0.885. The Kier molecular flexibility index (Phi) is 3.66. The highest BCUT2D eigenvalue weighted by atomic mass is 79.9. The van der Waals surface area contributed by atoms with E-state index in [0.29, 0.717) is 0 Å². The molecular weight excluding hydrogens is 296 g/mol. The molecule has 0 radical (unpaired) electrons.